The van der Waals surface area contributed by atoms with Crippen LogP contribution in [0.25, 0.3) is 0 Å². The Balaban J connectivity index is 2.16. The molecule has 0 aromatic heterocycles. The third-order valence-electron chi connectivity index (χ3n) is 3.43. The van der Waals surface area contributed by atoms with E-state index in [0.717, 1.165) is 31.2 Å². The maximum absolute atomic E-state index is 13.6. The van der Waals surface area contributed by atoms with Gasteiger partial charge in [0.1, 0.15) is 0 Å². The molecule has 150 valence electrons. The molecule has 2 aromatic rings. The van der Waals surface area contributed by atoms with Crippen LogP contribution in [-0.2, 0) is 19.6 Å². The third kappa shape index (κ3) is 4.80. The molecule has 0 saturated carbocycles. The molecule has 0 heterocycles. The van der Waals surface area contributed by atoms with Crippen LogP contribution in [0.1, 0.15) is 17.3 Å². The normalized spacial score (nSPS) is 12.4. The molecule has 0 spiro atoms. The van der Waals surface area contributed by atoms with E-state index < -0.39 is 56.0 Å². The van der Waals surface area contributed by atoms with Crippen molar-refractivity contribution in [1.29, 1.82) is 0 Å². The van der Waals surface area contributed by atoms with Crippen LogP contribution >= 0.6 is 11.6 Å². The molecule has 1 atom stereocenters. The van der Waals surface area contributed by atoms with Gasteiger partial charge in [0, 0.05) is 0 Å². The van der Waals surface area contributed by atoms with Gasteiger partial charge in [-0.2, -0.15) is 0 Å². The van der Waals surface area contributed by atoms with Gasteiger partial charge in [-0.3, -0.25) is 4.79 Å². The zero-order valence-electron chi connectivity index (χ0n) is 14.0. The topological polar surface area (TPSA) is 116 Å². The fourth-order valence-electron chi connectivity index (χ4n) is 1.97. The molecule has 0 bridgehead atoms. The summed E-state index contributed by atoms with van der Waals surface area (Å²) >= 11 is 5.82. The number of anilines is 1. The number of hydrogen-bond donors (Lipinski definition) is 2. The molecule has 0 aliphatic rings. The first-order valence-electron chi connectivity index (χ1n) is 7.39. The minimum atomic E-state index is -4.13. The minimum absolute atomic E-state index is 0.170. The number of primary sulfonamides is 1. The molecular formula is C16H12ClF3N2O5S. The van der Waals surface area contributed by atoms with E-state index in [9.17, 15) is 31.2 Å². The van der Waals surface area contributed by atoms with Crippen molar-refractivity contribution in [2.45, 2.75) is 17.9 Å². The van der Waals surface area contributed by atoms with Crippen LogP contribution in [0.15, 0.2) is 35.2 Å². The molecule has 2 rings (SSSR count). The molecule has 1 amide bonds. The number of halogens is 4. The lowest BCUT2D eigenvalue weighted by atomic mass is 10.2. The molecule has 12 heteroatoms. The van der Waals surface area contributed by atoms with E-state index in [1.807, 2.05) is 5.32 Å². The second kappa shape index (κ2) is 8.17. The second-order valence-electron chi connectivity index (χ2n) is 5.45. The van der Waals surface area contributed by atoms with Crippen molar-refractivity contribution in [3.05, 3.63) is 58.4 Å². The van der Waals surface area contributed by atoms with Gasteiger partial charge in [0.15, 0.2) is 23.6 Å². The summed E-state index contributed by atoms with van der Waals surface area (Å²) in [4.78, 5) is 23.8. The number of nitrogens with two attached hydrogens (primary N) is 1. The molecule has 3 N–H and O–H groups in total. The van der Waals surface area contributed by atoms with Gasteiger partial charge in [-0.25, -0.2) is 31.5 Å². The van der Waals surface area contributed by atoms with Crippen LogP contribution in [0.5, 0.6) is 0 Å². The summed E-state index contributed by atoms with van der Waals surface area (Å²) in [7, 11) is -4.13. The number of carbonyl (C=O) groups is 2. The molecule has 28 heavy (non-hydrogen) atoms. The summed E-state index contributed by atoms with van der Waals surface area (Å²) < 4.78 is 67.3. The van der Waals surface area contributed by atoms with Crippen molar-refractivity contribution in [1.82, 2.24) is 0 Å². The Morgan fingerprint density at radius 3 is 2.39 bits per heavy atom. The minimum Gasteiger partial charge on any atom is -0.449 e. The smallest absolute Gasteiger partial charge is 0.340 e. The Labute approximate surface area is 162 Å². The quantitative estimate of drug-likeness (QED) is 0.552. The van der Waals surface area contributed by atoms with Crippen LogP contribution in [0.2, 0.25) is 5.02 Å². The van der Waals surface area contributed by atoms with Gasteiger partial charge in [0.25, 0.3) is 5.91 Å². The van der Waals surface area contributed by atoms with Gasteiger partial charge in [-0.05, 0) is 37.3 Å². The SMILES string of the molecule is CC(OC(=O)c1cc(S(N)(=O)=O)ccc1Cl)C(=O)Nc1ccc(F)c(F)c1F. The van der Waals surface area contributed by atoms with Gasteiger partial charge >= 0.3 is 5.97 Å². The Hall–Kier alpha value is -2.63. The van der Waals surface area contributed by atoms with Crippen molar-refractivity contribution in [2.24, 2.45) is 5.14 Å². The van der Waals surface area contributed by atoms with Gasteiger partial charge in [-0.15, -0.1) is 0 Å². The molecule has 0 saturated heterocycles. The molecular weight excluding hydrogens is 425 g/mol. The third-order valence-corrected chi connectivity index (χ3v) is 4.67. The number of nitrogens with one attached hydrogen (secondary N) is 1. The summed E-state index contributed by atoms with van der Waals surface area (Å²) in [6, 6.07) is 4.41. The predicted octanol–water partition coefficient (Wildman–Crippen LogP) is 2.59. The molecule has 0 fully saturated rings. The average Bonchev–Trinajstić information content (AvgIpc) is 2.61. The number of benzene rings is 2. The highest BCUT2D eigenvalue weighted by molar-refractivity contribution is 7.89. The van der Waals surface area contributed by atoms with E-state index in [4.69, 9.17) is 21.5 Å². The number of sulfonamides is 1. The summed E-state index contributed by atoms with van der Waals surface area (Å²) in [6.45, 7) is 1.11. The molecule has 0 aliphatic carbocycles. The van der Waals surface area contributed by atoms with E-state index in [1.165, 1.54) is 0 Å². The fraction of sp³-hybridized carbons (Fsp3) is 0.125. The summed E-state index contributed by atoms with van der Waals surface area (Å²) in [5.74, 6) is -7.08. The number of esters is 1. The zero-order chi connectivity index (χ0) is 21.2. The number of amides is 1. The Bertz CT molecular complexity index is 1060. The average molecular weight is 437 g/mol. The van der Waals surface area contributed by atoms with Crippen LogP contribution < -0.4 is 10.5 Å². The maximum atomic E-state index is 13.6. The van der Waals surface area contributed by atoms with Gasteiger partial charge in [0.05, 0.1) is 21.2 Å². The fourth-order valence-corrected chi connectivity index (χ4v) is 2.71. The highest BCUT2D eigenvalue weighted by Crippen LogP contribution is 2.22. The second-order valence-corrected chi connectivity index (χ2v) is 7.41. The number of rotatable bonds is 5. The van der Waals surface area contributed by atoms with Crippen molar-refractivity contribution in [3.8, 4) is 0 Å². The largest absolute Gasteiger partial charge is 0.449 e. The van der Waals surface area contributed by atoms with Gasteiger partial charge in [0.2, 0.25) is 10.0 Å². The lowest BCUT2D eigenvalue weighted by molar-refractivity contribution is -0.123. The van der Waals surface area contributed by atoms with E-state index >= 15 is 0 Å². The maximum Gasteiger partial charge on any atom is 0.340 e. The van der Waals surface area contributed by atoms with Crippen molar-refractivity contribution < 1.29 is 35.9 Å². The first-order chi connectivity index (χ1) is 12.9. The lowest BCUT2D eigenvalue weighted by Crippen LogP contribution is -2.30. The van der Waals surface area contributed by atoms with E-state index in [1.54, 1.807) is 0 Å². The van der Waals surface area contributed by atoms with E-state index in [-0.39, 0.29) is 10.6 Å². The summed E-state index contributed by atoms with van der Waals surface area (Å²) in [5, 5.41) is 6.74. The number of ether oxygens (including phenoxy) is 1. The van der Waals surface area contributed by atoms with Crippen molar-refractivity contribution in [2.75, 3.05) is 5.32 Å². The van der Waals surface area contributed by atoms with E-state index in [2.05, 4.69) is 0 Å². The standard InChI is InChI=1S/C16H12ClF3N2O5S/c1-7(15(23)22-12-5-4-11(18)13(19)14(12)20)27-16(24)9-6-8(28(21,25)26)2-3-10(9)17/h2-7H,1H3,(H,22,23)(H2,21,25,26). The van der Waals surface area contributed by atoms with Crippen LogP contribution in [0, 0.1) is 17.5 Å². The van der Waals surface area contributed by atoms with Crippen molar-refractivity contribution in [3.63, 3.8) is 0 Å². The van der Waals surface area contributed by atoms with Gasteiger partial charge in [-0.1, -0.05) is 11.6 Å². The Kier molecular flexibility index (Phi) is 6.32. The van der Waals surface area contributed by atoms with E-state index in [0.29, 0.717) is 6.07 Å². The van der Waals surface area contributed by atoms with Crippen LogP contribution in [0.3, 0.4) is 0 Å². The highest BCUT2D eigenvalue weighted by Gasteiger charge is 2.24. The molecule has 1 unspecified atom stereocenters. The highest BCUT2D eigenvalue weighted by atomic mass is 35.5. The Morgan fingerprint density at radius 1 is 1.14 bits per heavy atom. The summed E-state index contributed by atoms with van der Waals surface area (Å²) in [5.41, 5.74) is -1.05. The molecule has 7 nitrogen and oxygen atoms in total. The summed E-state index contributed by atoms with van der Waals surface area (Å²) in [6.07, 6.45) is -1.52. The predicted molar refractivity (Wildman–Crippen MR) is 92.6 cm³/mol. The van der Waals surface area contributed by atoms with Gasteiger partial charge < -0.3 is 10.1 Å². The first-order valence-corrected chi connectivity index (χ1v) is 9.32. The van der Waals surface area contributed by atoms with Crippen LogP contribution in [-0.4, -0.2) is 26.4 Å². The lowest BCUT2D eigenvalue weighted by Gasteiger charge is -2.15. The number of carbonyl (C=O) groups excluding carboxylic acids is 2. The Morgan fingerprint density at radius 2 is 1.79 bits per heavy atom. The monoisotopic (exact) mass is 436 g/mol. The molecule has 2 aromatic carbocycles. The first kappa shape index (κ1) is 21.7. The zero-order valence-corrected chi connectivity index (χ0v) is 15.6. The molecule has 0 aliphatic heterocycles. The number of hydrogen-bond acceptors (Lipinski definition) is 5. The van der Waals surface area contributed by atoms with Crippen LogP contribution in [0.4, 0.5) is 18.9 Å². The molecule has 0 radical (unpaired) electrons. The van der Waals surface area contributed by atoms with Crippen molar-refractivity contribution >= 4 is 39.2 Å².